The van der Waals surface area contributed by atoms with Crippen molar-refractivity contribution in [3.63, 3.8) is 0 Å². The Labute approximate surface area is 152 Å². The van der Waals surface area contributed by atoms with Gasteiger partial charge in [-0.05, 0) is 30.3 Å². The van der Waals surface area contributed by atoms with Gasteiger partial charge in [-0.25, -0.2) is 4.98 Å². The molecular weight excluding hydrogens is 348 g/mol. The van der Waals surface area contributed by atoms with E-state index in [1.54, 1.807) is 54.6 Å². The van der Waals surface area contributed by atoms with Crippen LogP contribution in [0.3, 0.4) is 0 Å². The average Bonchev–Trinajstić information content (AvgIpc) is 3.22. The monoisotopic (exact) mass is 360 g/mol. The van der Waals surface area contributed by atoms with Gasteiger partial charge in [0.15, 0.2) is 5.76 Å². The van der Waals surface area contributed by atoms with E-state index in [0.29, 0.717) is 16.7 Å². The number of para-hydroxylation sites is 2. The first-order chi connectivity index (χ1) is 13.1. The van der Waals surface area contributed by atoms with Crippen molar-refractivity contribution in [3.8, 4) is 11.6 Å². The van der Waals surface area contributed by atoms with Crippen LogP contribution < -0.4 is 5.56 Å². The standard InChI is InChI=1S/C19H12N4O4/c24-19-14-7-2-3-8-15(14)21-18(17-10-5-11-27-17)22(19)20-12-13-6-1-4-9-16(13)23(25)26/h1-12H/b20-12+. The first kappa shape index (κ1) is 16.4. The van der Waals surface area contributed by atoms with E-state index in [1.807, 2.05) is 0 Å². The number of furan rings is 1. The summed E-state index contributed by atoms with van der Waals surface area (Å²) >= 11 is 0. The average molecular weight is 360 g/mol. The highest BCUT2D eigenvalue weighted by molar-refractivity contribution is 5.85. The van der Waals surface area contributed by atoms with Crippen LogP contribution in [0.25, 0.3) is 22.5 Å². The summed E-state index contributed by atoms with van der Waals surface area (Å²) in [6.07, 6.45) is 2.73. The summed E-state index contributed by atoms with van der Waals surface area (Å²) in [5, 5.41) is 15.7. The Kier molecular flexibility index (Phi) is 4.06. The maximum Gasteiger partial charge on any atom is 0.282 e. The van der Waals surface area contributed by atoms with E-state index in [0.717, 1.165) is 4.68 Å². The van der Waals surface area contributed by atoms with Crippen LogP contribution in [0.1, 0.15) is 5.56 Å². The van der Waals surface area contributed by atoms with Crippen LogP contribution in [-0.2, 0) is 0 Å². The summed E-state index contributed by atoms with van der Waals surface area (Å²) in [4.78, 5) is 28.1. The van der Waals surface area contributed by atoms with E-state index in [4.69, 9.17) is 4.42 Å². The number of nitro groups is 1. The van der Waals surface area contributed by atoms with Gasteiger partial charge in [0.05, 0.1) is 33.9 Å². The number of hydrogen-bond acceptors (Lipinski definition) is 6. The molecule has 132 valence electrons. The number of hydrogen-bond donors (Lipinski definition) is 0. The van der Waals surface area contributed by atoms with Gasteiger partial charge in [-0.3, -0.25) is 14.9 Å². The molecule has 0 aliphatic rings. The van der Waals surface area contributed by atoms with Gasteiger partial charge in [0.25, 0.3) is 11.2 Å². The van der Waals surface area contributed by atoms with Crippen LogP contribution in [0.5, 0.6) is 0 Å². The third-order valence-corrected chi connectivity index (χ3v) is 3.94. The highest BCUT2D eigenvalue weighted by atomic mass is 16.6. The van der Waals surface area contributed by atoms with E-state index in [1.165, 1.54) is 18.5 Å². The summed E-state index contributed by atoms with van der Waals surface area (Å²) in [7, 11) is 0. The van der Waals surface area contributed by atoms with Gasteiger partial charge in [-0.15, -0.1) is 0 Å². The van der Waals surface area contributed by atoms with E-state index in [2.05, 4.69) is 10.1 Å². The highest BCUT2D eigenvalue weighted by Gasteiger charge is 2.15. The second-order valence-corrected chi connectivity index (χ2v) is 5.61. The number of nitrogens with zero attached hydrogens (tertiary/aromatic N) is 4. The molecule has 0 atom stereocenters. The van der Waals surface area contributed by atoms with Crippen LogP contribution in [0.4, 0.5) is 5.69 Å². The Morgan fingerprint density at radius 3 is 2.63 bits per heavy atom. The minimum Gasteiger partial charge on any atom is -0.461 e. The highest BCUT2D eigenvalue weighted by Crippen LogP contribution is 2.20. The molecule has 0 amide bonds. The van der Waals surface area contributed by atoms with E-state index in [-0.39, 0.29) is 17.1 Å². The Balaban J connectivity index is 1.93. The lowest BCUT2D eigenvalue weighted by Gasteiger charge is -2.07. The SMILES string of the molecule is O=c1c2ccccc2nc(-c2ccco2)n1/N=C/c1ccccc1[N+](=O)[O-]. The third kappa shape index (κ3) is 2.99. The Hall–Kier alpha value is -4.07. The van der Waals surface area contributed by atoms with Gasteiger partial charge in [-0.2, -0.15) is 9.78 Å². The molecule has 8 heteroatoms. The van der Waals surface area contributed by atoms with Crippen LogP contribution in [-0.4, -0.2) is 20.8 Å². The molecule has 0 saturated heterocycles. The van der Waals surface area contributed by atoms with Gasteiger partial charge < -0.3 is 4.42 Å². The molecule has 0 N–H and O–H groups in total. The van der Waals surface area contributed by atoms with Crippen LogP contribution in [0, 0.1) is 10.1 Å². The lowest BCUT2D eigenvalue weighted by atomic mass is 10.2. The fourth-order valence-corrected chi connectivity index (χ4v) is 2.68. The molecule has 0 radical (unpaired) electrons. The molecule has 0 spiro atoms. The van der Waals surface area contributed by atoms with Crippen LogP contribution in [0.15, 0.2) is 81.2 Å². The zero-order valence-electron chi connectivity index (χ0n) is 13.9. The molecule has 4 rings (SSSR count). The smallest absolute Gasteiger partial charge is 0.282 e. The zero-order chi connectivity index (χ0) is 18.8. The number of rotatable bonds is 4. The molecule has 0 aliphatic heterocycles. The van der Waals surface area contributed by atoms with Crippen molar-refractivity contribution in [1.29, 1.82) is 0 Å². The molecule has 0 fully saturated rings. The molecule has 2 heterocycles. The summed E-state index contributed by atoms with van der Waals surface area (Å²) in [5.41, 5.74) is 0.267. The maximum absolute atomic E-state index is 12.9. The fraction of sp³-hybridized carbons (Fsp3) is 0. The van der Waals surface area contributed by atoms with Crippen LogP contribution in [0.2, 0.25) is 0 Å². The lowest BCUT2D eigenvalue weighted by molar-refractivity contribution is -0.385. The van der Waals surface area contributed by atoms with E-state index >= 15 is 0 Å². The first-order valence-electron chi connectivity index (χ1n) is 7.98. The van der Waals surface area contributed by atoms with Crippen molar-refractivity contribution < 1.29 is 9.34 Å². The minimum absolute atomic E-state index is 0.109. The van der Waals surface area contributed by atoms with Gasteiger partial charge in [0, 0.05) is 6.07 Å². The molecule has 0 unspecified atom stereocenters. The largest absolute Gasteiger partial charge is 0.461 e. The molecule has 0 saturated carbocycles. The first-order valence-corrected chi connectivity index (χ1v) is 7.98. The van der Waals surface area contributed by atoms with Crippen molar-refractivity contribution in [3.05, 3.63) is 93.0 Å². The molecular formula is C19H12N4O4. The second kappa shape index (κ2) is 6.68. The Bertz CT molecular complexity index is 1230. The molecule has 2 aromatic carbocycles. The molecule has 2 aromatic heterocycles. The summed E-state index contributed by atoms with van der Waals surface area (Å²) in [5.74, 6) is 0.566. The number of nitro benzene ring substituents is 1. The van der Waals surface area contributed by atoms with Gasteiger partial charge >= 0.3 is 0 Å². The topological polar surface area (TPSA) is 104 Å². The quantitative estimate of drug-likeness (QED) is 0.315. The van der Waals surface area contributed by atoms with Crippen LogP contribution >= 0.6 is 0 Å². The molecule has 0 aliphatic carbocycles. The third-order valence-electron chi connectivity index (χ3n) is 3.94. The van der Waals surface area contributed by atoms with Gasteiger partial charge in [-0.1, -0.05) is 24.3 Å². The predicted molar refractivity (Wildman–Crippen MR) is 99.8 cm³/mol. The summed E-state index contributed by atoms with van der Waals surface area (Å²) in [6.45, 7) is 0. The Morgan fingerprint density at radius 2 is 1.85 bits per heavy atom. The van der Waals surface area contributed by atoms with Gasteiger partial charge in [0.1, 0.15) is 0 Å². The number of fused-ring (bicyclic) bond motifs is 1. The summed E-state index contributed by atoms with van der Waals surface area (Å²) in [6, 6.07) is 16.4. The second-order valence-electron chi connectivity index (χ2n) is 5.61. The number of benzene rings is 2. The van der Waals surface area contributed by atoms with Crippen molar-refractivity contribution in [1.82, 2.24) is 9.66 Å². The lowest BCUT2D eigenvalue weighted by Crippen LogP contribution is -2.20. The van der Waals surface area contributed by atoms with E-state index < -0.39 is 10.5 Å². The molecule has 0 bridgehead atoms. The van der Waals surface area contributed by atoms with Crippen molar-refractivity contribution in [2.45, 2.75) is 0 Å². The maximum atomic E-state index is 12.9. The molecule has 4 aromatic rings. The van der Waals surface area contributed by atoms with Crippen molar-refractivity contribution in [2.24, 2.45) is 5.10 Å². The summed E-state index contributed by atoms with van der Waals surface area (Å²) < 4.78 is 6.46. The molecule has 8 nitrogen and oxygen atoms in total. The van der Waals surface area contributed by atoms with E-state index in [9.17, 15) is 14.9 Å². The predicted octanol–water partition coefficient (Wildman–Crippen LogP) is 3.45. The number of aromatic nitrogens is 2. The van der Waals surface area contributed by atoms with Gasteiger partial charge in [0.2, 0.25) is 5.82 Å². The van der Waals surface area contributed by atoms with Crippen molar-refractivity contribution in [2.75, 3.05) is 0 Å². The normalized spacial score (nSPS) is 11.3. The Morgan fingerprint density at radius 1 is 1.07 bits per heavy atom. The zero-order valence-corrected chi connectivity index (χ0v) is 13.9. The minimum atomic E-state index is -0.504. The fourth-order valence-electron chi connectivity index (χ4n) is 2.68. The molecule has 27 heavy (non-hydrogen) atoms. The van der Waals surface area contributed by atoms with Crippen molar-refractivity contribution >= 4 is 22.8 Å².